The van der Waals surface area contributed by atoms with E-state index in [1.165, 1.54) is 24.3 Å². The van der Waals surface area contributed by atoms with Crippen LogP contribution in [0.5, 0.6) is 0 Å². The number of hydrogen-bond donors (Lipinski definition) is 1. The van der Waals surface area contributed by atoms with Gasteiger partial charge in [0.05, 0.1) is 5.75 Å². The topological polar surface area (TPSA) is 66.5 Å². The van der Waals surface area contributed by atoms with Gasteiger partial charge in [-0.2, -0.15) is 0 Å². The number of benzene rings is 2. The first-order valence-electron chi connectivity index (χ1n) is 9.05. The summed E-state index contributed by atoms with van der Waals surface area (Å²) >= 11 is 0. The maximum atomic E-state index is 13.0. The van der Waals surface area contributed by atoms with E-state index in [4.69, 9.17) is 0 Å². The molecule has 0 radical (unpaired) electrons. The van der Waals surface area contributed by atoms with Crippen molar-refractivity contribution in [1.29, 1.82) is 0 Å². The van der Waals surface area contributed by atoms with Gasteiger partial charge in [-0.3, -0.25) is 9.52 Å². The Kier molecular flexibility index (Phi) is 4.63. The number of amides is 1. The molecular formula is C20H21FN2O3S. The van der Waals surface area contributed by atoms with Crippen molar-refractivity contribution in [2.75, 3.05) is 11.3 Å². The highest BCUT2D eigenvalue weighted by Crippen LogP contribution is 2.33. The van der Waals surface area contributed by atoms with Crippen LogP contribution in [0, 0.1) is 11.7 Å². The number of nitrogens with zero attached hydrogens (tertiary/aromatic N) is 1. The van der Waals surface area contributed by atoms with Crippen LogP contribution in [0.25, 0.3) is 0 Å². The van der Waals surface area contributed by atoms with Gasteiger partial charge in [0.25, 0.3) is 0 Å². The standard InChI is InChI=1S/C20H21FN2O3S/c21-18-6-1-14(2-7-18)13-27(25,26)22-19-8-5-15-9-10-23(12-17(15)11-19)20(24)16-3-4-16/h1-2,5-8,11,16,22H,3-4,9-10,12-13H2. The number of hydrogen-bond acceptors (Lipinski definition) is 3. The molecule has 1 fully saturated rings. The van der Waals surface area contributed by atoms with E-state index in [2.05, 4.69) is 4.72 Å². The summed E-state index contributed by atoms with van der Waals surface area (Å²) in [4.78, 5) is 14.2. The molecule has 1 heterocycles. The van der Waals surface area contributed by atoms with Crippen LogP contribution in [0.3, 0.4) is 0 Å². The van der Waals surface area contributed by atoms with Crippen LogP contribution in [0.15, 0.2) is 42.5 Å². The Hall–Kier alpha value is -2.41. The molecule has 5 nitrogen and oxygen atoms in total. The van der Waals surface area contributed by atoms with Gasteiger partial charge in [-0.15, -0.1) is 0 Å². The second-order valence-electron chi connectivity index (χ2n) is 7.26. The van der Waals surface area contributed by atoms with Crippen molar-refractivity contribution in [3.05, 3.63) is 65.0 Å². The second-order valence-corrected chi connectivity index (χ2v) is 8.98. The third-order valence-electron chi connectivity index (χ3n) is 5.00. The largest absolute Gasteiger partial charge is 0.338 e. The van der Waals surface area contributed by atoms with E-state index in [-0.39, 0.29) is 17.6 Å². The molecule has 142 valence electrons. The second kappa shape index (κ2) is 6.96. The molecule has 1 N–H and O–H groups in total. The lowest BCUT2D eigenvalue weighted by Crippen LogP contribution is -2.36. The van der Waals surface area contributed by atoms with E-state index in [0.717, 1.165) is 36.9 Å². The zero-order valence-corrected chi connectivity index (χ0v) is 15.6. The van der Waals surface area contributed by atoms with Gasteiger partial charge in [0, 0.05) is 24.7 Å². The Labute approximate surface area is 158 Å². The molecule has 4 rings (SSSR count). The fourth-order valence-corrected chi connectivity index (χ4v) is 4.60. The molecule has 1 aliphatic carbocycles. The summed E-state index contributed by atoms with van der Waals surface area (Å²) in [5.41, 5.74) is 3.13. The summed E-state index contributed by atoms with van der Waals surface area (Å²) in [7, 11) is -3.61. The molecule has 1 aliphatic heterocycles. The van der Waals surface area contributed by atoms with Crippen molar-refractivity contribution in [2.45, 2.75) is 31.6 Å². The molecule has 2 aliphatic rings. The van der Waals surface area contributed by atoms with Crippen LogP contribution >= 0.6 is 0 Å². The highest BCUT2D eigenvalue weighted by molar-refractivity contribution is 7.91. The van der Waals surface area contributed by atoms with Crippen LogP contribution in [0.1, 0.15) is 29.5 Å². The Balaban J connectivity index is 1.47. The predicted octanol–water partition coefficient (Wildman–Crippen LogP) is 3.06. The van der Waals surface area contributed by atoms with Gasteiger partial charge in [-0.05, 0) is 60.2 Å². The molecule has 0 bridgehead atoms. The smallest absolute Gasteiger partial charge is 0.236 e. The maximum absolute atomic E-state index is 13.0. The van der Waals surface area contributed by atoms with Crippen molar-refractivity contribution >= 4 is 21.6 Å². The fourth-order valence-electron chi connectivity index (χ4n) is 3.41. The van der Waals surface area contributed by atoms with Gasteiger partial charge in [0.2, 0.25) is 15.9 Å². The van der Waals surface area contributed by atoms with Crippen molar-refractivity contribution < 1.29 is 17.6 Å². The molecule has 0 saturated heterocycles. The van der Waals surface area contributed by atoms with Gasteiger partial charge in [0.1, 0.15) is 5.82 Å². The van der Waals surface area contributed by atoms with Gasteiger partial charge >= 0.3 is 0 Å². The lowest BCUT2D eigenvalue weighted by Gasteiger charge is -2.29. The fraction of sp³-hybridized carbons (Fsp3) is 0.350. The Morgan fingerprint density at radius 1 is 1.11 bits per heavy atom. The number of nitrogens with one attached hydrogen (secondary N) is 1. The molecule has 0 spiro atoms. The summed E-state index contributed by atoms with van der Waals surface area (Å²) in [6.07, 6.45) is 2.74. The number of halogens is 1. The monoisotopic (exact) mass is 388 g/mol. The van der Waals surface area contributed by atoms with Gasteiger partial charge in [-0.25, -0.2) is 12.8 Å². The van der Waals surface area contributed by atoms with Gasteiger partial charge in [-0.1, -0.05) is 18.2 Å². The number of sulfonamides is 1. The van der Waals surface area contributed by atoms with Crippen LogP contribution < -0.4 is 4.72 Å². The minimum absolute atomic E-state index is 0.184. The molecule has 1 saturated carbocycles. The average molecular weight is 388 g/mol. The van der Waals surface area contributed by atoms with E-state index in [1.54, 1.807) is 6.07 Å². The lowest BCUT2D eigenvalue weighted by atomic mass is 9.99. The molecule has 0 aromatic heterocycles. The zero-order valence-electron chi connectivity index (χ0n) is 14.8. The Morgan fingerprint density at radius 3 is 2.56 bits per heavy atom. The van der Waals surface area contributed by atoms with E-state index >= 15 is 0 Å². The maximum Gasteiger partial charge on any atom is 0.236 e. The normalized spacial score (nSPS) is 16.7. The number of fused-ring (bicyclic) bond motifs is 1. The van der Waals surface area contributed by atoms with Gasteiger partial charge < -0.3 is 4.90 Å². The first-order valence-corrected chi connectivity index (χ1v) is 10.7. The first kappa shape index (κ1) is 18.0. The van der Waals surface area contributed by atoms with Crippen molar-refractivity contribution in [1.82, 2.24) is 4.90 Å². The average Bonchev–Trinajstić information content (AvgIpc) is 3.47. The van der Waals surface area contributed by atoms with E-state index < -0.39 is 15.8 Å². The number of carbonyl (C=O) groups excluding carboxylic acids is 1. The molecule has 7 heteroatoms. The first-order chi connectivity index (χ1) is 12.9. The predicted molar refractivity (Wildman–Crippen MR) is 101 cm³/mol. The highest BCUT2D eigenvalue weighted by Gasteiger charge is 2.34. The van der Waals surface area contributed by atoms with Crippen molar-refractivity contribution in [3.8, 4) is 0 Å². The number of rotatable bonds is 5. The van der Waals surface area contributed by atoms with E-state index in [1.807, 2.05) is 17.0 Å². The molecule has 0 unspecified atom stereocenters. The summed E-state index contributed by atoms with van der Waals surface area (Å²) < 4.78 is 40.4. The third kappa shape index (κ3) is 4.30. The summed E-state index contributed by atoms with van der Waals surface area (Å²) in [6.45, 7) is 1.25. The van der Waals surface area contributed by atoms with Crippen LogP contribution in [-0.2, 0) is 33.5 Å². The van der Waals surface area contributed by atoms with Crippen molar-refractivity contribution in [3.63, 3.8) is 0 Å². The minimum atomic E-state index is -3.61. The third-order valence-corrected chi connectivity index (χ3v) is 6.26. The molecule has 1 amide bonds. The minimum Gasteiger partial charge on any atom is -0.338 e. The number of anilines is 1. The van der Waals surface area contributed by atoms with Crippen LogP contribution in [-0.4, -0.2) is 25.8 Å². The summed E-state index contributed by atoms with van der Waals surface area (Å²) in [6, 6.07) is 10.9. The summed E-state index contributed by atoms with van der Waals surface area (Å²) in [5, 5.41) is 0. The molecule has 0 atom stereocenters. The summed E-state index contributed by atoms with van der Waals surface area (Å²) in [5.74, 6) is -0.229. The zero-order chi connectivity index (χ0) is 19.0. The lowest BCUT2D eigenvalue weighted by molar-refractivity contribution is -0.133. The van der Waals surface area contributed by atoms with Gasteiger partial charge in [0.15, 0.2) is 0 Å². The molecule has 2 aromatic carbocycles. The van der Waals surface area contributed by atoms with Crippen molar-refractivity contribution in [2.24, 2.45) is 5.92 Å². The molecule has 2 aromatic rings. The quantitative estimate of drug-likeness (QED) is 0.856. The van der Waals surface area contributed by atoms with Crippen LogP contribution in [0.2, 0.25) is 0 Å². The van der Waals surface area contributed by atoms with Crippen LogP contribution in [0.4, 0.5) is 10.1 Å². The van der Waals surface area contributed by atoms with E-state index in [0.29, 0.717) is 17.8 Å². The molecule has 27 heavy (non-hydrogen) atoms. The SMILES string of the molecule is O=C(C1CC1)N1CCc2ccc(NS(=O)(=O)Cc3ccc(F)cc3)cc2C1. The highest BCUT2D eigenvalue weighted by atomic mass is 32.2. The Bertz CT molecular complexity index is 969. The van der Waals surface area contributed by atoms with E-state index in [9.17, 15) is 17.6 Å². The number of carbonyl (C=O) groups is 1. The Morgan fingerprint density at radius 2 is 1.85 bits per heavy atom. The molecular weight excluding hydrogens is 367 g/mol.